The predicted octanol–water partition coefficient (Wildman–Crippen LogP) is 13.1. The molecule has 1 heteroatoms. The molecule has 222 valence electrons. The van der Waals surface area contributed by atoms with Gasteiger partial charge >= 0.3 is 0 Å². The Morgan fingerprint density at radius 1 is 0.750 bits per heavy atom. The molecule has 0 N–H and O–H groups in total. The number of thioether (sulfide) groups is 1. The zero-order valence-corrected chi connectivity index (χ0v) is 27.6. The lowest BCUT2D eigenvalue weighted by atomic mass is 9.72. The van der Waals surface area contributed by atoms with Gasteiger partial charge in [0.2, 0.25) is 0 Å². The van der Waals surface area contributed by atoms with Crippen molar-refractivity contribution in [2.24, 2.45) is 5.41 Å². The molecule has 0 amide bonds. The van der Waals surface area contributed by atoms with Gasteiger partial charge in [-0.15, -0.1) is 11.8 Å². The van der Waals surface area contributed by atoms with Crippen molar-refractivity contribution in [1.29, 1.82) is 0 Å². The zero-order valence-electron chi connectivity index (χ0n) is 26.8. The summed E-state index contributed by atoms with van der Waals surface area (Å²) >= 11 is 1.87. The molecule has 0 radical (unpaired) electrons. The van der Waals surface area contributed by atoms with Crippen LogP contribution in [0.3, 0.4) is 0 Å². The average molecular weight is 593 g/mol. The van der Waals surface area contributed by atoms with E-state index in [1.54, 1.807) is 0 Å². The summed E-state index contributed by atoms with van der Waals surface area (Å²) in [6.45, 7) is 22.0. The van der Waals surface area contributed by atoms with Crippen LogP contribution in [0.2, 0.25) is 0 Å². The molecule has 0 unspecified atom stereocenters. The molecule has 0 aliphatic carbocycles. The van der Waals surface area contributed by atoms with Crippen molar-refractivity contribution in [2.75, 3.05) is 5.75 Å². The van der Waals surface area contributed by atoms with E-state index in [1.165, 1.54) is 65.1 Å². The van der Waals surface area contributed by atoms with Crippen LogP contribution in [0.25, 0.3) is 38.4 Å². The maximum absolute atomic E-state index is 4.59. The Hall–Kier alpha value is -4.07. The van der Waals surface area contributed by atoms with Crippen molar-refractivity contribution >= 4 is 50.2 Å². The summed E-state index contributed by atoms with van der Waals surface area (Å²) in [6.07, 6.45) is 18.1. The van der Waals surface area contributed by atoms with Crippen LogP contribution in [-0.2, 0) is 0 Å². The second kappa shape index (κ2) is 13.7. The monoisotopic (exact) mass is 592 g/mol. The molecule has 0 aromatic heterocycles. The molecule has 0 saturated carbocycles. The van der Waals surface area contributed by atoms with Crippen molar-refractivity contribution < 1.29 is 0 Å². The fourth-order valence-corrected chi connectivity index (χ4v) is 7.59. The SMILES string of the molecule is C=C/C1=C(\C=C/C)C(=C)CCC(=C)C(C)(C)C(=C/C)/C(=C\C=C\c2ccc3c4ccccc4c4ccccc4c3c2)CCS1. The summed E-state index contributed by atoms with van der Waals surface area (Å²) in [5.41, 5.74) is 7.36. The van der Waals surface area contributed by atoms with Gasteiger partial charge in [-0.25, -0.2) is 0 Å². The quantitative estimate of drug-likeness (QED) is 0.168. The number of hydrogen-bond acceptors (Lipinski definition) is 1. The number of hydrogen-bond donors (Lipinski definition) is 0. The number of rotatable bonds is 4. The van der Waals surface area contributed by atoms with E-state index in [-0.39, 0.29) is 5.41 Å². The molecule has 0 atom stereocenters. The number of fused-ring (bicyclic) bond motifs is 6. The third-order valence-electron chi connectivity index (χ3n) is 9.07. The minimum absolute atomic E-state index is 0.146. The topological polar surface area (TPSA) is 0 Å². The molecule has 4 aromatic rings. The second-order valence-corrected chi connectivity index (χ2v) is 13.2. The molecule has 1 aliphatic heterocycles. The third-order valence-corrected chi connectivity index (χ3v) is 10.2. The number of allylic oxidation sites excluding steroid dienone is 11. The first-order chi connectivity index (χ1) is 21.3. The fourth-order valence-electron chi connectivity index (χ4n) is 6.56. The van der Waals surface area contributed by atoms with Crippen LogP contribution < -0.4 is 0 Å². The minimum Gasteiger partial charge on any atom is -0.125 e. The van der Waals surface area contributed by atoms with Gasteiger partial charge in [0.1, 0.15) is 0 Å². The van der Waals surface area contributed by atoms with Crippen LogP contribution in [0.15, 0.2) is 156 Å². The summed E-state index contributed by atoms with van der Waals surface area (Å²) in [7, 11) is 0. The lowest BCUT2D eigenvalue weighted by Crippen LogP contribution is -2.20. The Bertz CT molecular complexity index is 1880. The van der Waals surface area contributed by atoms with Crippen molar-refractivity contribution in [3.63, 3.8) is 0 Å². The van der Waals surface area contributed by atoms with E-state index >= 15 is 0 Å². The molecule has 0 spiro atoms. The van der Waals surface area contributed by atoms with Gasteiger partial charge in [0.05, 0.1) is 0 Å². The largest absolute Gasteiger partial charge is 0.125 e. The van der Waals surface area contributed by atoms with Crippen LogP contribution in [0.1, 0.15) is 52.5 Å². The number of benzene rings is 4. The Morgan fingerprint density at radius 3 is 1.95 bits per heavy atom. The fraction of sp³-hybridized carbons (Fsp3) is 0.209. The molecule has 1 heterocycles. The maximum Gasteiger partial charge on any atom is 0.0141 e. The average Bonchev–Trinajstić information content (AvgIpc) is 3.04. The first-order valence-corrected chi connectivity index (χ1v) is 16.6. The summed E-state index contributed by atoms with van der Waals surface area (Å²) in [4.78, 5) is 1.20. The Morgan fingerprint density at radius 2 is 1.36 bits per heavy atom. The molecule has 44 heavy (non-hydrogen) atoms. The summed E-state index contributed by atoms with van der Waals surface area (Å²) in [6, 6.07) is 24.4. The molecule has 4 aromatic carbocycles. The van der Waals surface area contributed by atoms with Crippen LogP contribution in [-0.4, -0.2) is 5.75 Å². The summed E-state index contributed by atoms with van der Waals surface area (Å²) < 4.78 is 0. The molecule has 0 fully saturated rings. The van der Waals surface area contributed by atoms with Gasteiger partial charge in [-0.2, -0.15) is 0 Å². The highest BCUT2D eigenvalue weighted by atomic mass is 32.2. The van der Waals surface area contributed by atoms with E-state index in [0.29, 0.717) is 0 Å². The van der Waals surface area contributed by atoms with E-state index in [0.717, 1.165) is 30.6 Å². The van der Waals surface area contributed by atoms with Gasteiger partial charge in [-0.3, -0.25) is 0 Å². The molecular formula is C43H44S. The van der Waals surface area contributed by atoms with E-state index in [1.807, 2.05) is 17.8 Å². The molecule has 5 rings (SSSR count). The molecule has 0 saturated heterocycles. The Labute approximate surface area is 268 Å². The van der Waals surface area contributed by atoms with Gasteiger partial charge in [-0.05, 0) is 99.3 Å². The van der Waals surface area contributed by atoms with E-state index < -0.39 is 0 Å². The van der Waals surface area contributed by atoms with E-state index in [9.17, 15) is 0 Å². The molecule has 0 nitrogen and oxygen atoms in total. The van der Waals surface area contributed by atoms with Crippen LogP contribution in [0.5, 0.6) is 0 Å². The zero-order chi connectivity index (χ0) is 31.3. The summed E-state index contributed by atoms with van der Waals surface area (Å²) in [5.74, 6) is 0.963. The molecule has 1 aliphatic rings. The Balaban J connectivity index is 1.54. The van der Waals surface area contributed by atoms with Crippen molar-refractivity contribution in [1.82, 2.24) is 0 Å². The van der Waals surface area contributed by atoms with Crippen molar-refractivity contribution in [3.05, 3.63) is 161 Å². The van der Waals surface area contributed by atoms with Gasteiger partial charge in [0.15, 0.2) is 0 Å². The highest BCUT2D eigenvalue weighted by Gasteiger charge is 2.28. The van der Waals surface area contributed by atoms with Crippen LogP contribution >= 0.6 is 11.8 Å². The standard InChI is InChI=1S/C43H44S/c1-8-16-34-30(4)23-24-31(5)43(6,7)41(9-2)33(27-28-44-42(34)10-3)18-15-17-32-25-26-39-37-21-12-11-19-35(37)36-20-13-14-22-38(36)40(39)29-32/h8-22,25-26,29H,3-5,23-24,27-28H2,1-2,6-7H3/b16-8-,17-15+,33-18-,41-9+,42-34-. The van der Waals surface area contributed by atoms with Crippen molar-refractivity contribution in [3.8, 4) is 0 Å². The van der Waals surface area contributed by atoms with Gasteiger partial charge in [0, 0.05) is 16.1 Å². The Kier molecular flexibility index (Phi) is 9.77. The lowest BCUT2D eigenvalue weighted by Gasteiger charge is -2.33. The maximum atomic E-state index is 4.59. The summed E-state index contributed by atoms with van der Waals surface area (Å²) in [5, 5.41) is 7.81. The van der Waals surface area contributed by atoms with Crippen molar-refractivity contribution in [2.45, 2.75) is 47.0 Å². The molecule has 0 bridgehead atoms. The molecular weight excluding hydrogens is 549 g/mol. The van der Waals surface area contributed by atoms with Gasteiger partial charge < -0.3 is 0 Å². The normalized spacial score (nSPS) is 20.7. The van der Waals surface area contributed by atoms with E-state index in [2.05, 4.69) is 151 Å². The first kappa shape index (κ1) is 31.4. The predicted molar refractivity (Wildman–Crippen MR) is 200 cm³/mol. The first-order valence-electron chi connectivity index (χ1n) is 15.7. The second-order valence-electron chi connectivity index (χ2n) is 12.1. The minimum atomic E-state index is -0.146. The van der Waals surface area contributed by atoms with Crippen LogP contribution in [0.4, 0.5) is 0 Å². The highest BCUT2D eigenvalue weighted by molar-refractivity contribution is 8.03. The lowest BCUT2D eigenvalue weighted by molar-refractivity contribution is 0.519. The van der Waals surface area contributed by atoms with Gasteiger partial charge in [-0.1, -0.05) is 142 Å². The van der Waals surface area contributed by atoms with Crippen LogP contribution in [0, 0.1) is 5.41 Å². The smallest absolute Gasteiger partial charge is 0.0141 e. The van der Waals surface area contributed by atoms with Gasteiger partial charge in [0.25, 0.3) is 0 Å². The van der Waals surface area contributed by atoms with E-state index in [4.69, 9.17) is 0 Å². The third kappa shape index (κ3) is 6.26. The highest BCUT2D eigenvalue weighted by Crippen LogP contribution is 2.43.